The van der Waals surface area contributed by atoms with Crippen LogP contribution in [0, 0.1) is 28.6 Å². The van der Waals surface area contributed by atoms with Crippen molar-refractivity contribution in [1.29, 1.82) is 0 Å². The lowest BCUT2D eigenvalue weighted by atomic mass is 9.47. The van der Waals surface area contributed by atoms with Crippen molar-refractivity contribution in [3.63, 3.8) is 0 Å². The van der Waals surface area contributed by atoms with Gasteiger partial charge in [-0.3, -0.25) is 0 Å². The van der Waals surface area contributed by atoms with E-state index >= 15 is 0 Å². The van der Waals surface area contributed by atoms with Crippen LogP contribution in [0.4, 0.5) is 0 Å². The van der Waals surface area contributed by atoms with Crippen molar-refractivity contribution < 1.29 is 5.11 Å². The van der Waals surface area contributed by atoms with Crippen LogP contribution in [0.15, 0.2) is 84.6 Å². The highest BCUT2D eigenvalue weighted by Gasteiger charge is 2.57. The fraction of sp³-hybridized carbons (Fsp3) is 0.472. The van der Waals surface area contributed by atoms with E-state index in [1.165, 1.54) is 41.7 Å². The van der Waals surface area contributed by atoms with Gasteiger partial charge in [0.05, 0.1) is 17.5 Å². The second kappa shape index (κ2) is 10.2. The van der Waals surface area contributed by atoms with Gasteiger partial charge in [-0.15, -0.1) is 0 Å². The lowest BCUT2D eigenvalue weighted by molar-refractivity contribution is -0.0238. The molecule has 0 saturated heterocycles. The van der Waals surface area contributed by atoms with Gasteiger partial charge in [0.1, 0.15) is 0 Å². The number of hydrogen-bond acceptors (Lipinski definition) is 3. The fourth-order valence-corrected chi connectivity index (χ4v) is 8.99. The third-order valence-corrected chi connectivity index (χ3v) is 11.2. The Morgan fingerprint density at radius 3 is 2.42 bits per heavy atom. The maximum Gasteiger partial charge on any atom is 0.0934 e. The minimum atomic E-state index is -0.141. The van der Waals surface area contributed by atoms with Crippen LogP contribution in [0.2, 0.25) is 0 Å². The Hall–Kier alpha value is -2.95. The van der Waals surface area contributed by atoms with Gasteiger partial charge in [-0.25, -0.2) is 4.68 Å². The van der Waals surface area contributed by atoms with Gasteiger partial charge < -0.3 is 10.4 Å². The van der Waals surface area contributed by atoms with E-state index in [4.69, 9.17) is 5.10 Å². The molecule has 1 aromatic heterocycles. The van der Waals surface area contributed by atoms with Crippen molar-refractivity contribution in [1.82, 2.24) is 15.1 Å². The van der Waals surface area contributed by atoms with Gasteiger partial charge in [0, 0.05) is 24.8 Å². The molecule has 4 aliphatic carbocycles. The zero-order valence-corrected chi connectivity index (χ0v) is 24.0. The third-order valence-electron chi connectivity index (χ3n) is 11.2. The van der Waals surface area contributed by atoms with Gasteiger partial charge in [-0.2, -0.15) is 5.10 Å². The van der Waals surface area contributed by atoms with E-state index in [-0.39, 0.29) is 16.9 Å². The van der Waals surface area contributed by atoms with Crippen molar-refractivity contribution in [3.8, 4) is 5.69 Å². The topological polar surface area (TPSA) is 50.1 Å². The lowest BCUT2D eigenvalue weighted by Gasteiger charge is -2.57. The molecule has 0 unspecified atom stereocenters. The zero-order chi connectivity index (χ0) is 27.3. The molecule has 2 N–H and O–H groups in total. The average Bonchev–Trinajstić information content (AvgIpc) is 3.55. The summed E-state index contributed by atoms with van der Waals surface area (Å²) >= 11 is 0. The van der Waals surface area contributed by atoms with Crippen LogP contribution in [-0.4, -0.2) is 21.0 Å². The van der Waals surface area contributed by atoms with Gasteiger partial charge in [0.15, 0.2) is 0 Å². The van der Waals surface area contributed by atoms with Crippen molar-refractivity contribution in [2.75, 3.05) is 0 Å². The molecule has 40 heavy (non-hydrogen) atoms. The Labute approximate surface area is 239 Å². The second-order valence-corrected chi connectivity index (χ2v) is 13.3. The van der Waals surface area contributed by atoms with Crippen LogP contribution in [0.1, 0.15) is 75.6 Å². The summed E-state index contributed by atoms with van der Waals surface area (Å²) in [7, 11) is 0. The number of rotatable bonds is 6. The second-order valence-electron chi connectivity index (χ2n) is 13.3. The molecule has 1 heterocycles. The van der Waals surface area contributed by atoms with Gasteiger partial charge in [-0.05, 0) is 96.8 Å². The SMILES string of the molecule is C[C@]12CC[C@H](O)CC1=CC[C@@H]1[C@@H]2CC[C@]2(C)C(c3nn(-c4ccccc4)cc3CNCc3ccccc3)=CC[C@@H]12. The van der Waals surface area contributed by atoms with Gasteiger partial charge in [-0.1, -0.05) is 80.1 Å². The van der Waals surface area contributed by atoms with Crippen LogP contribution < -0.4 is 5.32 Å². The standard InChI is InChI=1S/C36H43N3O/c1-35-19-17-29(40)21-27(35)13-14-30-31-15-16-33(36(31,2)20-18-32(30)35)34-26(23-37-22-25-9-5-3-6-10-25)24-39(38-34)28-11-7-4-8-12-28/h3-13,16,24,29-32,37,40H,14-15,17-23H2,1-2H3/t29-,30-,31-,32-,35-,36-/m0/s1. The van der Waals surface area contributed by atoms with E-state index in [0.29, 0.717) is 11.8 Å². The third kappa shape index (κ3) is 4.31. The molecule has 0 aliphatic heterocycles. The van der Waals surface area contributed by atoms with Gasteiger partial charge >= 0.3 is 0 Å². The monoisotopic (exact) mass is 533 g/mol. The minimum absolute atomic E-state index is 0.141. The lowest BCUT2D eigenvalue weighted by Crippen LogP contribution is -2.49. The summed E-state index contributed by atoms with van der Waals surface area (Å²) in [4.78, 5) is 0. The van der Waals surface area contributed by atoms with Gasteiger partial charge in [0.25, 0.3) is 0 Å². The summed E-state index contributed by atoms with van der Waals surface area (Å²) in [5, 5.41) is 19.4. The highest BCUT2D eigenvalue weighted by Crippen LogP contribution is 2.66. The first-order valence-corrected chi connectivity index (χ1v) is 15.4. The first-order valence-electron chi connectivity index (χ1n) is 15.4. The van der Waals surface area contributed by atoms with Crippen LogP contribution in [0.5, 0.6) is 0 Å². The van der Waals surface area contributed by atoms with Crippen molar-refractivity contribution >= 4 is 5.57 Å². The van der Waals surface area contributed by atoms with E-state index in [0.717, 1.165) is 50.4 Å². The largest absolute Gasteiger partial charge is 0.393 e. The molecule has 0 spiro atoms. The molecule has 2 fully saturated rings. The molecule has 0 radical (unpaired) electrons. The van der Waals surface area contributed by atoms with Crippen molar-refractivity contribution in [3.05, 3.63) is 101 Å². The Morgan fingerprint density at radius 2 is 1.62 bits per heavy atom. The number of fused-ring (bicyclic) bond motifs is 5. The average molecular weight is 534 g/mol. The molecular formula is C36H43N3O. The van der Waals surface area contributed by atoms with E-state index < -0.39 is 0 Å². The number of aliphatic hydroxyl groups is 1. The molecule has 208 valence electrons. The molecule has 2 aromatic carbocycles. The first kappa shape index (κ1) is 26.0. The number of allylic oxidation sites excluding steroid dienone is 3. The highest BCUT2D eigenvalue weighted by atomic mass is 16.3. The van der Waals surface area contributed by atoms with E-state index in [1.807, 2.05) is 0 Å². The summed E-state index contributed by atoms with van der Waals surface area (Å²) in [5.41, 5.74) is 8.34. The summed E-state index contributed by atoms with van der Waals surface area (Å²) < 4.78 is 2.09. The first-order chi connectivity index (χ1) is 19.5. The maximum atomic E-state index is 10.4. The Bertz CT molecular complexity index is 1420. The minimum Gasteiger partial charge on any atom is -0.393 e. The van der Waals surface area contributed by atoms with Crippen molar-refractivity contribution in [2.24, 2.45) is 28.6 Å². The predicted molar refractivity (Wildman–Crippen MR) is 162 cm³/mol. The number of hydrogen-bond donors (Lipinski definition) is 2. The van der Waals surface area contributed by atoms with E-state index in [1.54, 1.807) is 5.57 Å². The summed E-state index contributed by atoms with van der Waals surface area (Å²) in [6.07, 6.45) is 15.0. The molecule has 7 rings (SSSR count). The molecule has 6 atom stereocenters. The molecule has 0 amide bonds. The maximum absolute atomic E-state index is 10.4. The normalized spacial score (nSPS) is 33.0. The van der Waals surface area contributed by atoms with Crippen LogP contribution in [0.3, 0.4) is 0 Å². The number of aliphatic hydroxyl groups excluding tert-OH is 1. The number of nitrogens with one attached hydrogen (secondary N) is 1. The summed E-state index contributed by atoms with van der Waals surface area (Å²) in [6.45, 7) is 6.71. The van der Waals surface area contributed by atoms with Crippen LogP contribution in [-0.2, 0) is 13.1 Å². The number of benzene rings is 2. The Morgan fingerprint density at radius 1 is 0.875 bits per heavy atom. The Kier molecular flexibility index (Phi) is 6.59. The molecule has 0 bridgehead atoms. The number of nitrogens with zero attached hydrogens (tertiary/aromatic N) is 2. The zero-order valence-electron chi connectivity index (χ0n) is 24.0. The van der Waals surface area contributed by atoms with E-state index in [2.05, 4.69) is 103 Å². The molecule has 3 aromatic rings. The molecule has 2 saturated carbocycles. The number of aromatic nitrogens is 2. The summed E-state index contributed by atoms with van der Waals surface area (Å²) in [5.74, 6) is 2.11. The summed E-state index contributed by atoms with van der Waals surface area (Å²) in [6, 6.07) is 21.2. The highest BCUT2D eigenvalue weighted by molar-refractivity contribution is 5.73. The van der Waals surface area contributed by atoms with Crippen molar-refractivity contribution in [2.45, 2.75) is 78.0 Å². The Balaban J connectivity index is 1.18. The van der Waals surface area contributed by atoms with Crippen LogP contribution >= 0.6 is 0 Å². The van der Waals surface area contributed by atoms with Crippen LogP contribution in [0.25, 0.3) is 11.3 Å². The number of para-hydroxylation sites is 1. The smallest absolute Gasteiger partial charge is 0.0934 e. The van der Waals surface area contributed by atoms with Gasteiger partial charge in [0.2, 0.25) is 0 Å². The fourth-order valence-electron chi connectivity index (χ4n) is 8.99. The molecular weight excluding hydrogens is 490 g/mol. The predicted octanol–water partition coefficient (Wildman–Crippen LogP) is 7.48. The quantitative estimate of drug-likeness (QED) is 0.323. The molecule has 4 aliphatic rings. The van der Waals surface area contributed by atoms with E-state index in [9.17, 15) is 5.11 Å². The molecule has 4 nitrogen and oxygen atoms in total. The molecule has 4 heteroatoms.